The van der Waals surface area contributed by atoms with Crippen LogP contribution in [0.15, 0.2) is 30.3 Å². The Balaban J connectivity index is 2.01. The molecule has 0 heteroatoms. The lowest BCUT2D eigenvalue weighted by Crippen LogP contribution is -1.96. The molecule has 0 radical (unpaired) electrons. The van der Waals surface area contributed by atoms with Crippen molar-refractivity contribution in [1.29, 1.82) is 0 Å². The van der Waals surface area contributed by atoms with Crippen LogP contribution < -0.4 is 0 Å². The average Bonchev–Trinajstić information content (AvgIpc) is 2.40. The van der Waals surface area contributed by atoms with Crippen LogP contribution in [-0.2, 0) is 0 Å². The largest absolute Gasteiger partial charge is 0.103 e. The molecule has 1 atom stereocenters. The fourth-order valence-corrected chi connectivity index (χ4v) is 2.65. The standard InChI is InChI=1S/C18H24/c1-2-4-6-9-13-17(14-10-7-5-3-1)18-15-11-8-12-16-18/h8,11-12,15-17H,1-7,9,13H2. The highest BCUT2D eigenvalue weighted by Crippen LogP contribution is 2.23. The molecule has 1 aromatic rings. The van der Waals surface area contributed by atoms with Crippen molar-refractivity contribution < 1.29 is 0 Å². The van der Waals surface area contributed by atoms with Crippen LogP contribution in [0.3, 0.4) is 0 Å². The first-order valence-corrected chi connectivity index (χ1v) is 7.50. The summed E-state index contributed by atoms with van der Waals surface area (Å²) in [4.78, 5) is 0. The Hall–Kier alpha value is -1.22. The topological polar surface area (TPSA) is 0 Å². The minimum absolute atomic E-state index is 0.464. The van der Waals surface area contributed by atoms with E-state index in [-0.39, 0.29) is 0 Å². The highest BCUT2D eigenvalue weighted by molar-refractivity contribution is 5.27. The van der Waals surface area contributed by atoms with Gasteiger partial charge in [-0.1, -0.05) is 74.8 Å². The Morgan fingerprint density at radius 1 is 0.778 bits per heavy atom. The summed E-state index contributed by atoms with van der Waals surface area (Å²) in [6.07, 6.45) is 11.9. The summed E-state index contributed by atoms with van der Waals surface area (Å²) >= 11 is 0. The van der Waals surface area contributed by atoms with Gasteiger partial charge in [0.1, 0.15) is 0 Å². The summed E-state index contributed by atoms with van der Waals surface area (Å²) in [6, 6.07) is 10.8. The number of rotatable bonds is 1. The fraction of sp³-hybridized carbons (Fsp3) is 0.556. The second kappa shape index (κ2) is 7.98. The Morgan fingerprint density at radius 3 is 2.22 bits per heavy atom. The highest BCUT2D eigenvalue weighted by atomic mass is 14.1. The van der Waals surface area contributed by atoms with Crippen LogP contribution in [0, 0.1) is 11.8 Å². The molecule has 96 valence electrons. The van der Waals surface area contributed by atoms with Gasteiger partial charge in [-0.15, -0.1) is 5.92 Å². The molecule has 0 heterocycles. The minimum atomic E-state index is 0.464. The zero-order valence-electron chi connectivity index (χ0n) is 11.3. The van der Waals surface area contributed by atoms with Crippen LogP contribution in [0.2, 0.25) is 0 Å². The Labute approximate surface area is 112 Å². The van der Waals surface area contributed by atoms with E-state index in [1.54, 1.807) is 0 Å². The minimum Gasteiger partial charge on any atom is -0.103 e. The molecule has 18 heavy (non-hydrogen) atoms. The van der Waals surface area contributed by atoms with Gasteiger partial charge in [-0.3, -0.25) is 0 Å². The average molecular weight is 240 g/mol. The van der Waals surface area contributed by atoms with Crippen LogP contribution in [-0.4, -0.2) is 0 Å². The van der Waals surface area contributed by atoms with E-state index in [1.165, 1.54) is 56.9 Å². The van der Waals surface area contributed by atoms with Crippen molar-refractivity contribution in [1.82, 2.24) is 0 Å². The second-order valence-corrected chi connectivity index (χ2v) is 5.30. The lowest BCUT2D eigenvalue weighted by Gasteiger charge is -2.11. The Kier molecular flexibility index (Phi) is 5.86. The van der Waals surface area contributed by atoms with Crippen LogP contribution in [0.1, 0.15) is 69.3 Å². The lowest BCUT2D eigenvalue weighted by molar-refractivity contribution is 0.558. The Bertz CT molecular complexity index is 379. The number of hydrogen-bond donors (Lipinski definition) is 0. The van der Waals surface area contributed by atoms with Gasteiger partial charge in [0.25, 0.3) is 0 Å². The smallest absolute Gasteiger partial charge is 0.0452 e. The molecule has 0 spiro atoms. The predicted molar refractivity (Wildman–Crippen MR) is 78.5 cm³/mol. The molecule has 1 aromatic carbocycles. The summed E-state index contributed by atoms with van der Waals surface area (Å²) in [6.45, 7) is 0. The normalized spacial score (nSPS) is 22.1. The maximum atomic E-state index is 3.50. The van der Waals surface area contributed by atoms with Crippen molar-refractivity contribution in [3.63, 3.8) is 0 Å². The maximum Gasteiger partial charge on any atom is 0.0452 e. The van der Waals surface area contributed by atoms with Crippen molar-refractivity contribution in [2.45, 2.75) is 63.7 Å². The Morgan fingerprint density at radius 2 is 1.44 bits per heavy atom. The molecule has 0 fully saturated rings. The summed E-state index contributed by atoms with van der Waals surface area (Å²) in [5.41, 5.74) is 1.40. The van der Waals surface area contributed by atoms with Crippen LogP contribution >= 0.6 is 0 Å². The van der Waals surface area contributed by atoms with E-state index in [2.05, 4.69) is 42.2 Å². The summed E-state index contributed by atoms with van der Waals surface area (Å²) < 4.78 is 0. The van der Waals surface area contributed by atoms with Gasteiger partial charge >= 0.3 is 0 Å². The van der Waals surface area contributed by atoms with Gasteiger partial charge in [-0.05, 0) is 18.4 Å². The first kappa shape index (κ1) is 13.2. The van der Waals surface area contributed by atoms with Gasteiger partial charge in [0, 0.05) is 12.3 Å². The third kappa shape index (κ3) is 4.57. The number of benzene rings is 1. The molecule has 0 aromatic heterocycles. The molecule has 1 aliphatic rings. The molecule has 0 nitrogen and oxygen atoms in total. The molecule has 2 rings (SSSR count). The third-order valence-electron chi connectivity index (χ3n) is 3.77. The summed E-state index contributed by atoms with van der Waals surface area (Å²) in [5.74, 6) is 7.37. The van der Waals surface area contributed by atoms with Crippen molar-refractivity contribution in [2.75, 3.05) is 0 Å². The SMILES string of the molecule is C1#CC(c2ccccc2)CCCCCCCCC1. The lowest BCUT2D eigenvalue weighted by atomic mass is 9.92. The van der Waals surface area contributed by atoms with Crippen LogP contribution in [0.5, 0.6) is 0 Å². The maximum absolute atomic E-state index is 3.50. The van der Waals surface area contributed by atoms with E-state index in [0.29, 0.717) is 5.92 Å². The molecule has 0 saturated heterocycles. The van der Waals surface area contributed by atoms with Crippen molar-refractivity contribution in [3.8, 4) is 11.8 Å². The van der Waals surface area contributed by atoms with Gasteiger partial charge in [0.2, 0.25) is 0 Å². The van der Waals surface area contributed by atoms with E-state index in [9.17, 15) is 0 Å². The van der Waals surface area contributed by atoms with E-state index in [0.717, 1.165) is 6.42 Å². The zero-order valence-corrected chi connectivity index (χ0v) is 11.3. The molecular formula is C18H24. The highest BCUT2D eigenvalue weighted by Gasteiger charge is 2.07. The third-order valence-corrected chi connectivity index (χ3v) is 3.77. The summed E-state index contributed by atoms with van der Waals surface area (Å²) in [5, 5.41) is 0. The van der Waals surface area contributed by atoms with E-state index in [4.69, 9.17) is 0 Å². The quantitative estimate of drug-likeness (QED) is 0.584. The molecular weight excluding hydrogens is 216 g/mol. The van der Waals surface area contributed by atoms with E-state index >= 15 is 0 Å². The van der Waals surface area contributed by atoms with Gasteiger partial charge < -0.3 is 0 Å². The molecule has 0 bridgehead atoms. The molecule has 1 unspecified atom stereocenters. The van der Waals surface area contributed by atoms with E-state index < -0.39 is 0 Å². The summed E-state index contributed by atoms with van der Waals surface area (Å²) in [7, 11) is 0. The van der Waals surface area contributed by atoms with Gasteiger partial charge in [-0.25, -0.2) is 0 Å². The number of hydrogen-bond acceptors (Lipinski definition) is 0. The van der Waals surface area contributed by atoms with Crippen LogP contribution in [0.4, 0.5) is 0 Å². The van der Waals surface area contributed by atoms with Crippen molar-refractivity contribution in [3.05, 3.63) is 35.9 Å². The van der Waals surface area contributed by atoms with E-state index in [1.807, 2.05) is 0 Å². The van der Waals surface area contributed by atoms with Gasteiger partial charge in [0.15, 0.2) is 0 Å². The fourth-order valence-electron chi connectivity index (χ4n) is 2.65. The first-order valence-electron chi connectivity index (χ1n) is 7.50. The monoisotopic (exact) mass is 240 g/mol. The first-order chi connectivity index (χ1) is 8.97. The van der Waals surface area contributed by atoms with Gasteiger partial charge in [-0.2, -0.15) is 0 Å². The van der Waals surface area contributed by atoms with Crippen LogP contribution in [0.25, 0.3) is 0 Å². The second-order valence-electron chi connectivity index (χ2n) is 5.30. The molecule has 1 aliphatic carbocycles. The zero-order chi connectivity index (χ0) is 12.5. The molecule has 0 amide bonds. The van der Waals surface area contributed by atoms with Gasteiger partial charge in [0.05, 0.1) is 0 Å². The molecule has 0 N–H and O–H groups in total. The van der Waals surface area contributed by atoms with Crippen molar-refractivity contribution >= 4 is 0 Å². The molecule has 0 saturated carbocycles. The van der Waals surface area contributed by atoms with Crippen molar-refractivity contribution in [2.24, 2.45) is 0 Å². The molecule has 0 aliphatic heterocycles. The predicted octanol–water partition coefficient (Wildman–Crippen LogP) is 5.30.